The van der Waals surface area contributed by atoms with Crippen LogP contribution in [0.1, 0.15) is 27.1 Å². The van der Waals surface area contributed by atoms with Gasteiger partial charge >= 0.3 is 5.97 Å². The van der Waals surface area contributed by atoms with Crippen molar-refractivity contribution in [2.75, 3.05) is 6.54 Å². The van der Waals surface area contributed by atoms with E-state index in [1.807, 2.05) is 0 Å². The molecule has 0 fully saturated rings. The number of carboxylic acid groups (broad SMARTS) is 1. The maximum absolute atomic E-state index is 12.0. The molecule has 1 aliphatic heterocycles. The first-order valence-electron chi connectivity index (χ1n) is 5.56. The van der Waals surface area contributed by atoms with Gasteiger partial charge in [0.15, 0.2) is 0 Å². The number of carbonyl (C=O) groups is 3. The molecular formula is C12H10N2O5. The molecule has 19 heavy (non-hydrogen) atoms. The molecule has 2 amide bonds. The Hall–Kier alpha value is -2.57. The molecule has 1 unspecified atom stereocenters. The van der Waals surface area contributed by atoms with Crippen molar-refractivity contribution >= 4 is 17.8 Å². The number of nitrogens with zero attached hydrogens (tertiary/aromatic N) is 2. The third-order valence-corrected chi connectivity index (χ3v) is 2.92. The molecule has 0 aliphatic carbocycles. The Balaban J connectivity index is 2.36. The Bertz CT molecular complexity index is 534. The molecule has 1 aromatic carbocycles. The molecule has 0 bridgehead atoms. The number of carboxylic acids is 1. The second-order valence-electron chi connectivity index (χ2n) is 4.02. The Labute approximate surface area is 107 Å². The number of carbonyl (C=O) groups excluding carboxylic acids is 2. The molecule has 1 heterocycles. The van der Waals surface area contributed by atoms with E-state index in [-0.39, 0.29) is 24.1 Å². The number of nitroso groups, excluding NO2 is 1. The van der Waals surface area contributed by atoms with E-state index in [2.05, 4.69) is 5.18 Å². The van der Waals surface area contributed by atoms with Crippen molar-refractivity contribution in [2.45, 2.75) is 12.5 Å². The smallest absolute Gasteiger partial charge is 0.327 e. The van der Waals surface area contributed by atoms with E-state index in [4.69, 9.17) is 5.11 Å². The largest absolute Gasteiger partial charge is 0.480 e. The van der Waals surface area contributed by atoms with Crippen molar-refractivity contribution in [3.8, 4) is 0 Å². The van der Waals surface area contributed by atoms with Crippen LogP contribution in [0.2, 0.25) is 0 Å². The average Bonchev–Trinajstić information content (AvgIpc) is 2.64. The lowest BCUT2D eigenvalue weighted by molar-refractivity contribution is -0.141. The minimum atomic E-state index is -1.37. The minimum absolute atomic E-state index is 0.179. The summed E-state index contributed by atoms with van der Waals surface area (Å²) in [6.45, 7) is -0.273. The van der Waals surface area contributed by atoms with E-state index in [0.717, 1.165) is 0 Å². The third-order valence-electron chi connectivity index (χ3n) is 2.92. The molecule has 7 heteroatoms. The van der Waals surface area contributed by atoms with Crippen LogP contribution in [0, 0.1) is 4.91 Å². The van der Waals surface area contributed by atoms with Gasteiger partial charge in [0, 0.05) is 6.42 Å². The molecule has 1 aromatic rings. The second kappa shape index (κ2) is 4.97. The Morgan fingerprint density at radius 1 is 1.21 bits per heavy atom. The van der Waals surface area contributed by atoms with Gasteiger partial charge in [0.2, 0.25) is 0 Å². The van der Waals surface area contributed by atoms with Crippen LogP contribution in [0.15, 0.2) is 29.4 Å². The highest BCUT2D eigenvalue weighted by molar-refractivity contribution is 6.22. The maximum atomic E-state index is 12.0. The van der Waals surface area contributed by atoms with Crippen LogP contribution in [-0.2, 0) is 4.79 Å². The van der Waals surface area contributed by atoms with Gasteiger partial charge in [-0.3, -0.25) is 14.5 Å². The zero-order chi connectivity index (χ0) is 14.0. The number of aliphatic carboxylic acids is 1. The molecule has 0 spiro atoms. The topological polar surface area (TPSA) is 104 Å². The Kier molecular flexibility index (Phi) is 3.37. The normalized spacial score (nSPS) is 15.3. The first-order chi connectivity index (χ1) is 9.07. The van der Waals surface area contributed by atoms with Gasteiger partial charge in [-0.25, -0.2) is 4.79 Å². The first kappa shape index (κ1) is 12.9. The maximum Gasteiger partial charge on any atom is 0.327 e. The fraction of sp³-hybridized carbons (Fsp3) is 0.250. The van der Waals surface area contributed by atoms with Gasteiger partial charge < -0.3 is 5.11 Å². The van der Waals surface area contributed by atoms with Crippen molar-refractivity contribution in [1.82, 2.24) is 4.90 Å². The van der Waals surface area contributed by atoms with Crippen molar-refractivity contribution in [1.29, 1.82) is 0 Å². The van der Waals surface area contributed by atoms with Crippen LogP contribution in [0.3, 0.4) is 0 Å². The number of rotatable bonds is 5. The first-order valence-corrected chi connectivity index (χ1v) is 5.56. The second-order valence-corrected chi connectivity index (χ2v) is 4.02. The van der Waals surface area contributed by atoms with E-state index >= 15 is 0 Å². The van der Waals surface area contributed by atoms with Gasteiger partial charge in [-0.15, -0.1) is 0 Å². The zero-order valence-corrected chi connectivity index (χ0v) is 9.78. The molecular weight excluding hydrogens is 252 g/mol. The van der Waals surface area contributed by atoms with E-state index < -0.39 is 23.8 Å². The summed E-state index contributed by atoms with van der Waals surface area (Å²) in [6, 6.07) is 4.75. The summed E-state index contributed by atoms with van der Waals surface area (Å²) in [6.07, 6.45) is -0.190. The molecule has 1 atom stereocenters. The van der Waals surface area contributed by atoms with Crippen LogP contribution in [-0.4, -0.2) is 40.4 Å². The fourth-order valence-corrected chi connectivity index (χ4v) is 2.03. The lowest BCUT2D eigenvalue weighted by atomic mass is 10.1. The summed E-state index contributed by atoms with van der Waals surface area (Å²) in [5, 5.41) is 11.7. The molecule has 98 valence electrons. The Morgan fingerprint density at radius 3 is 2.16 bits per heavy atom. The van der Waals surface area contributed by atoms with E-state index in [9.17, 15) is 19.3 Å². The number of fused-ring (bicyclic) bond motifs is 1. The molecule has 1 aliphatic rings. The van der Waals surface area contributed by atoms with Gasteiger partial charge in [-0.2, -0.15) is 4.91 Å². The van der Waals surface area contributed by atoms with Crippen LogP contribution in [0.5, 0.6) is 0 Å². The van der Waals surface area contributed by atoms with Gasteiger partial charge in [-0.05, 0) is 12.1 Å². The van der Waals surface area contributed by atoms with Crippen LogP contribution >= 0.6 is 0 Å². The predicted octanol–water partition coefficient (Wildman–Crippen LogP) is 0.892. The molecule has 0 aromatic heterocycles. The SMILES string of the molecule is O=NCCC(C(=O)O)N1C(=O)c2ccccc2C1=O. The summed E-state index contributed by atoms with van der Waals surface area (Å²) in [5.41, 5.74) is 0.357. The number of hydrogen-bond donors (Lipinski definition) is 1. The van der Waals surface area contributed by atoms with Crippen molar-refractivity contribution in [2.24, 2.45) is 5.18 Å². The van der Waals surface area contributed by atoms with Crippen molar-refractivity contribution in [3.63, 3.8) is 0 Å². The van der Waals surface area contributed by atoms with Gasteiger partial charge in [0.05, 0.1) is 17.7 Å². The highest BCUT2D eigenvalue weighted by Gasteiger charge is 2.42. The third kappa shape index (κ3) is 2.10. The molecule has 0 saturated carbocycles. The minimum Gasteiger partial charge on any atom is -0.480 e. The Morgan fingerprint density at radius 2 is 1.74 bits per heavy atom. The van der Waals surface area contributed by atoms with E-state index in [0.29, 0.717) is 4.90 Å². The van der Waals surface area contributed by atoms with Crippen molar-refractivity contribution < 1.29 is 19.5 Å². The summed E-state index contributed by atoms with van der Waals surface area (Å²) in [5.74, 6) is -2.64. The molecule has 0 saturated heterocycles. The number of hydrogen-bond acceptors (Lipinski definition) is 5. The van der Waals surface area contributed by atoms with Gasteiger partial charge in [0.25, 0.3) is 11.8 Å². The van der Waals surface area contributed by atoms with Gasteiger partial charge in [-0.1, -0.05) is 17.3 Å². The molecule has 1 N–H and O–H groups in total. The van der Waals surface area contributed by atoms with Crippen LogP contribution in [0.25, 0.3) is 0 Å². The molecule has 0 radical (unpaired) electrons. The fourth-order valence-electron chi connectivity index (χ4n) is 2.03. The standard InChI is InChI=1S/C12H10N2O5/c15-10-7-3-1-2-4-8(7)11(16)14(10)9(12(17)18)5-6-13-19/h1-4,9H,5-6H2,(H,17,18). The quantitative estimate of drug-likeness (QED) is 0.626. The zero-order valence-electron chi connectivity index (χ0n) is 9.78. The number of amides is 2. The monoisotopic (exact) mass is 262 g/mol. The highest BCUT2D eigenvalue weighted by atomic mass is 16.4. The number of benzene rings is 1. The van der Waals surface area contributed by atoms with E-state index in [1.165, 1.54) is 12.1 Å². The molecule has 7 nitrogen and oxygen atoms in total. The summed E-state index contributed by atoms with van der Waals surface area (Å²) >= 11 is 0. The number of imide groups is 1. The molecule has 2 rings (SSSR count). The van der Waals surface area contributed by atoms with Crippen LogP contribution < -0.4 is 0 Å². The average molecular weight is 262 g/mol. The summed E-state index contributed by atoms with van der Waals surface area (Å²) in [4.78, 5) is 46.0. The lowest BCUT2D eigenvalue weighted by Gasteiger charge is -2.21. The summed E-state index contributed by atoms with van der Waals surface area (Å²) in [7, 11) is 0. The summed E-state index contributed by atoms with van der Waals surface area (Å²) < 4.78 is 0. The highest BCUT2D eigenvalue weighted by Crippen LogP contribution is 2.25. The van der Waals surface area contributed by atoms with Gasteiger partial charge in [0.1, 0.15) is 6.04 Å². The predicted molar refractivity (Wildman–Crippen MR) is 63.6 cm³/mol. The lowest BCUT2D eigenvalue weighted by Crippen LogP contribution is -2.45. The van der Waals surface area contributed by atoms with Crippen LogP contribution in [0.4, 0.5) is 0 Å². The van der Waals surface area contributed by atoms with E-state index in [1.54, 1.807) is 12.1 Å². The van der Waals surface area contributed by atoms with Crippen molar-refractivity contribution in [3.05, 3.63) is 40.3 Å².